The Labute approximate surface area is 112 Å². The van der Waals surface area contributed by atoms with Gasteiger partial charge in [-0.1, -0.05) is 22.0 Å². The molecule has 17 heavy (non-hydrogen) atoms. The predicted octanol–water partition coefficient (Wildman–Crippen LogP) is 3.66. The minimum Gasteiger partial charge on any atom is -0.378 e. The number of methoxy groups -OCH3 is 1. The number of hydrogen-bond acceptors (Lipinski definition) is 2. The van der Waals surface area contributed by atoms with Gasteiger partial charge in [0, 0.05) is 30.2 Å². The van der Waals surface area contributed by atoms with Gasteiger partial charge in [0.1, 0.15) is 0 Å². The molecule has 0 N–H and O–H groups in total. The molecule has 0 bridgehead atoms. The van der Waals surface area contributed by atoms with Crippen molar-refractivity contribution in [1.82, 2.24) is 4.98 Å². The maximum absolute atomic E-state index is 5.65. The smallest absolute Gasteiger partial charge is 0.0689 e. The van der Waals surface area contributed by atoms with Crippen molar-refractivity contribution in [3.63, 3.8) is 0 Å². The molecule has 0 spiro atoms. The van der Waals surface area contributed by atoms with Gasteiger partial charge in [-0.05, 0) is 44.2 Å². The predicted molar refractivity (Wildman–Crippen MR) is 73.6 cm³/mol. The van der Waals surface area contributed by atoms with Crippen LogP contribution in [0.5, 0.6) is 0 Å². The molecule has 2 rings (SSSR count). The Morgan fingerprint density at radius 1 is 1.47 bits per heavy atom. The molecule has 1 fully saturated rings. The number of pyridine rings is 1. The van der Waals surface area contributed by atoms with Gasteiger partial charge in [0.2, 0.25) is 0 Å². The topological polar surface area (TPSA) is 22.1 Å². The summed E-state index contributed by atoms with van der Waals surface area (Å²) in [4.78, 5) is 4.90. The van der Waals surface area contributed by atoms with Crippen LogP contribution in [0.4, 0.5) is 0 Å². The zero-order valence-electron chi connectivity index (χ0n) is 10.6. The lowest BCUT2D eigenvalue weighted by Gasteiger charge is -2.41. The number of aromatic nitrogens is 1. The van der Waals surface area contributed by atoms with E-state index in [9.17, 15) is 0 Å². The highest BCUT2D eigenvalue weighted by Crippen LogP contribution is 2.40. The van der Waals surface area contributed by atoms with Gasteiger partial charge in [-0.25, -0.2) is 0 Å². The number of alkyl halides is 1. The zero-order valence-corrected chi connectivity index (χ0v) is 12.2. The number of aryl methyl sites for hydroxylation is 1. The molecule has 1 aliphatic carbocycles. The third-order valence-corrected chi connectivity index (χ3v) is 4.34. The van der Waals surface area contributed by atoms with Crippen LogP contribution in [-0.4, -0.2) is 22.5 Å². The van der Waals surface area contributed by atoms with Gasteiger partial charge in [-0.3, -0.25) is 4.98 Å². The molecule has 3 heteroatoms. The number of halogens is 1. The number of hydrogen-bond donors (Lipinski definition) is 0. The van der Waals surface area contributed by atoms with Crippen LogP contribution < -0.4 is 0 Å². The monoisotopic (exact) mass is 297 g/mol. The Balaban J connectivity index is 1.88. The lowest BCUT2D eigenvalue weighted by molar-refractivity contribution is -0.0771. The molecule has 1 aliphatic rings. The van der Waals surface area contributed by atoms with E-state index in [1.165, 1.54) is 24.8 Å². The van der Waals surface area contributed by atoms with Crippen LogP contribution in [-0.2, 0) is 11.2 Å². The third kappa shape index (κ3) is 3.29. The van der Waals surface area contributed by atoms with E-state index >= 15 is 0 Å². The van der Waals surface area contributed by atoms with E-state index in [2.05, 4.69) is 40.0 Å². The summed E-state index contributed by atoms with van der Waals surface area (Å²) >= 11 is 3.76. The van der Waals surface area contributed by atoms with Gasteiger partial charge in [0.25, 0.3) is 0 Å². The first kappa shape index (κ1) is 13.0. The first-order chi connectivity index (χ1) is 8.13. The van der Waals surface area contributed by atoms with E-state index in [4.69, 9.17) is 4.74 Å². The SMILES string of the molecule is COC1(CC(Br)Cc2ccc(C)cn2)CCC1. The van der Waals surface area contributed by atoms with Crippen LogP contribution in [0.1, 0.15) is 36.9 Å². The van der Waals surface area contributed by atoms with Crippen LogP contribution in [0.25, 0.3) is 0 Å². The van der Waals surface area contributed by atoms with E-state index in [0.29, 0.717) is 4.83 Å². The van der Waals surface area contributed by atoms with Gasteiger partial charge in [-0.15, -0.1) is 0 Å². The van der Waals surface area contributed by atoms with Crippen LogP contribution in [0.3, 0.4) is 0 Å². The lowest BCUT2D eigenvalue weighted by atomic mass is 9.76. The third-order valence-electron chi connectivity index (χ3n) is 3.69. The summed E-state index contributed by atoms with van der Waals surface area (Å²) in [5, 5.41) is 0. The normalized spacial score (nSPS) is 19.7. The second kappa shape index (κ2) is 5.49. The van der Waals surface area contributed by atoms with Crippen molar-refractivity contribution in [2.24, 2.45) is 0 Å². The molecule has 1 heterocycles. The van der Waals surface area contributed by atoms with Crippen LogP contribution in [0.15, 0.2) is 18.3 Å². The molecule has 0 saturated heterocycles. The summed E-state index contributed by atoms with van der Waals surface area (Å²) in [6.07, 6.45) is 7.70. The maximum Gasteiger partial charge on any atom is 0.0689 e. The Hall–Kier alpha value is -0.410. The molecule has 1 aromatic heterocycles. The molecule has 0 aromatic carbocycles. The van der Waals surface area contributed by atoms with E-state index in [0.717, 1.165) is 18.5 Å². The quantitative estimate of drug-likeness (QED) is 0.774. The number of ether oxygens (including phenoxy) is 1. The second-order valence-electron chi connectivity index (χ2n) is 5.07. The molecule has 1 saturated carbocycles. The molecule has 0 radical (unpaired) electrons. The fourth-order valence-electron chi connectivity index (χ4n) is 2.38. The Bertz CT molecular complexity index is 353. The first-order valence-electron chi connectivity index (χ1n) is 6.24. The first-order valence-corrected chi connectivity index (χ1v) is 7.16. The Morgan fingerprint density at radius 2 is 2.24 bits per heavy atom. The summed E-state index contributed by atoms with van der Waals surface area (Å²) in [5.74, 6) is 0. The summed E-state index contributed by atoms with van der Waals surface area (Å²) in [6, 6.07) is 4.24. The van der Waals surface area contributed by atoms with Crippen LogP contribution in [0, 0.1) is 6.92 Å². The Kier molecular flexibility index (Phi) is 4.21. The lowest BCUT2D eigenvalue weighted by Crippen LogP contribution is -2.41. The fourth-order valence-corrected chi connectivity index (χ4v) is 3.31. The number of nitrogens with zero attached hydrogens (tertiary/aromatic N) is 1. The molecule has 0 amide bonds. The van der Waals surface area contributed by atoms with Crippen molar-refractivity contribution in [2.45, 2.75) is 49.5 Å². The Morgan fingerprint density at radius 3 is 2.71 bits per heavy atom. The molecule has 1 aromatic rings. The largest absolute Gasteiger partial charge is 0.378 e. The average Bonchev–Trinajstić information content (AvgIpc) is 2.27. The van der Waals surface area contributed by atoms with Crippen LogP contribution in [0.2, 0.25) is 0 Å². The maximum atomic E-state index is 5.65. The molecule has 0 aliphatic heterocycles. The van der Waals surface area contributed by atoms with Gasteiger partial charge >= 0.3 is 0 Å². The highest BCUT2D eigenvalue weighted by molar-refractivity contribution is 9.09. The van der Waals surface area contributed by atoms with Gasteiger partial charge in [0.05, 0.1) is 5.60 Å². The van der Waals surface area contributed by atoms with Crippen LogP contribution >= 0.6 is 15.9 Å². The van der Waals surface area contributed by atoms with Crippen molar-refractivity contribution in [3.05, 3.63) is 29.6 Å². The molecule has 2 nitrogen and oxygen atoms in total. The number of rotatable bonds is 5. The molecular formula is C14H20BrNO. The summed E-state index contributed by atoms with van der Waals surface area (Å²) < 4.78 is 5.65. The molecular weight excluding hydrogens is 278 g/mol. The molecule has 94 valence electrons. The summed E-state index contributed by atoms with van der Waals surface area (Å²) in [7, 11) is 1.84. The van der Waals surface area contributed by atoms with Crippen molar-refractivity contribution in [3.8, 4) is 0 Å². The van der Waals surface area contributed by atoms with E-state index in [-0.39, 0.29) is 5.60 Å². The standard InChI is InChI=1S/C14H20BrNO/c1-11-4-5-13(16-10-11)8-12(15)9-14(17-2)6-3-7-14/h4-5,10,12H,3,6-9H2,1-2H3. The average molecular weight is 298 g/mol. The summed E-state index contributed by atoms with van der Waals surface area (Å²) in [5.41, 5.74) is 2.51. The van der Waals surface area contributed by atoms with E-state index in [1.807, 2.05) is 13.3 Å². The van der Waals surface area contributed by atoms with E-state index in [1.54, 1.807) is 0 Å². The summed E-state index contributed by atoms with van der Waals surface area (Å²) in [6.45, 7) is 2.07. The minimum absolute atomic E-state index is 0.138. The van der Waals surface area contributed by atoms with Crippen molar-refractivity contribution in [1.29, 1.82) is 0 Å². The highest BCUT2D eigenvalue weighted by Gasteiger charge is 2.38. The fraction of sp³-hybridized carbons (Fsp3) is 0.643. The van der Waals surface area contributed by atoms with Crippen molar-refractivity contribution >= 4 is 15.9 Å². The zero-order chi connectivity index (χ0) is 12.3. The van der Waals surface area contributed by atoms with Gasteiger partial charge in [0.15, 0.2) is 0 Å². The second-order valence-corrected chi connectivity index (χ2v) is 6.37. The highest BCUT2D eigenvalue weighted by atomic mass is 79.9. The molecule has 1 unspecified atom stereocenters. The van der Waals surface area contributed by atoms with Crippen molar-refractivity contribution < 1.29 is 4.74 Å². The molecule has 1 atom stereocenters. The van der Waals surface area contributed by atoms with Crippen molar-refractivity contribution in [2.75, 3.05) is 7.11 Å². The van der Waals surface area contributed by atoms with Gasteiger partial charge < -0.3 is 4.74 Å². The van der Waals surface area contributed by atoms with E-state index < -0.39 is 0 Å². The minimum atomic E-state index is 0.138. The van der Waals surface area contributed by atoms with Gasteiger partial charge in [-0.2, -0.15) is 0 Å².